The first-order valence-corrected chi connectivity index (χ1v) is 7.63. The fourth-order valence-electron chi connectivity index (χ4n) is 1.81. The van der Waals surface area contributed by atoms with Crippen LogP contribution in [0.1, 0.15) is 18.4 Å². The van der Waals surface area contributed by atoms with Gasteiger partial charge in [0.2, 0.25) is 0 Å². The van der Waals surface area contributed by atoms with Crippen LogP contribution in [0.3, 0.4) is 0 Å². The number of furan rings is 1. The van der Waals surface area contributed by atoms with Crippen molar-refractivity contribution in [2.75, 3.05) is 11.6 Å². The fraction of sp³-hybridized carbons (Fsp3) is 0.357. The highest BCUT2D eigenvalue weighted by Gasteiger charge is 2.02. The van der Waals surface area contributed by atoms with Crippen molar-refractivity contribution >= 4 is 17.4 Å². The van der Waals surface area contributed by atoms with Gasteiger partial charge in [0.15, 0.2) is 0 Å². The van der Waals surface area contributed by atoms with Gasteiger partial charge in [0.1, 0.15) is 11.5 Å². The average Bonchev–Trinajstić information content (AvgIpc) is 2.86. The number of thioether (sulfide) groups is 1. The number of aryl methyl sites for hydroxylation is 1. The number of nitrogens with one attached hydrogen (secondary N) is 1. The van der Waals surface area contributed by atoms with E-state index in [-0.39, 0.29) is 5.56 Å². The molecule has 0 spiro atoms. The summed E-state index contributed by atoms with van der Waals surface area (Å²) < 4.78 is 7.34. The van der Waals surface area contributed by atoms with Crippen molar-refractivity contribution in [3.63, 3.8) is 0 Å². The summed E-state index contributed by atoms with van der Waals surface area (Å²) in [4.78, 5) is 11.5. The molecule has 0 aromatic carbocycles. The Balaban J connectivity index is 1.99. The maximum atomic E-state index is 11.5. The van der Waals surface area contributed by atoms with E-state index in [1.807, 2.05) is 25.3 Å². The van der Waals surface area contributed by atoms with Gasteiger partial charge in [-0.25, -0.2) is 0 Å². The second kappa shape index (κ2) is 6.52. The van der Waals surface area contributed by atoms with Gasteiger partial charge in [-0.1, -0.05) is 0 Å². The number of hydrogen-bond donors (Lipinski definition) is 1. The quantitative estimate of drug-likeness (QED) is 0.882. The molecule has 4 nitrogen and oxygen atoms in total. The number of nitrogens with zero attached hydrogens (tertiary/aromatic N) is 1. The topological polar surface area (TPSA) is 47.2 Å². The molecule has 19 heavy (non-hydrogen) atoms. The van der Waals surface area contributed by atoms with E-state index in [2.05, 4.69) is 11.6 Å². The molecule has 0 radical (unpaired) electrons. The first-order valence-electron chi connectivity index (χ1n) is 6.24. The molecule has 2 aromatic heterocycles. The molecule has 0 unspecified atom stereocenters. The molecule has 102 valence electrons. The fourth-order valence-corrected chi connectivity index (χ4v) is 2.25. The normalized spacial score (nSPS) is 10.6. The molecule has 0 amide bonds. The largest absolute Gasteiger partial charge is 0.463 e. The van der Waals surface area contributed by atoms with E-state index in [0.717, 1.165) is 23.0 Å². The Labute approximate surface area is 116 Å². The summed E-state index contributed by atoms with van der Waals surface area (Å²) in [6.45, 7) is 3.25. The number of pyridine rings is 1. The molecule has 0 fully saturated rings. The van der Waals surface area contributed by atoms with Crippen LogP contribution in [-0.2, 0) is 18.8 Å². The minimum Gasteiger partial charge on any atom is -0.463 e. The van der Waals surface area contributed by atoms with E-state index >= 15 is 0 Å². The minimum atomic E-state index is 0.0216. The predicted octanol–water partition coefficient (Wildman–Crippen LogP) is 2.94. The molecule has 2 heterocycles. The summed E-state index contributed by atoms with van der Waals surface area (Å²) in [5.74, 6) is 2.78. The summed E-state index contributed by atoms with van der Waals surface area (Å²) in [6, 6.07) is 7.35. The van der Waals surface area contributed by atoms with Crippen LogP contribution < -0.4 is 10.9 Å². The van der Waals surface area contributed by atoms with Gasteiger partial charge >= 0.3 is 0 Å². The van der Waals surface area contributed by atoms with Crippen LogP contribution in [0.5, 0.6) is 0 Å². The van der Waals surface area contributed by atoms with Crippen LogP contribution >= 0.6 is 11.8 Å². The third-order valence-electron chi connectivity index (χ3n) is 2.79. The molecule has 0 bridgehead atoms. The van der Waals surface area contributed by atoms with Crippen molar-refractivity contribution in [1.82, 2.24) is 4.57 Å². The van der Waals surface area contributed by atoms with Crippen LogP contribution in [0.25, 0.3) is 0 Å². The molecule has 0 saturated heterocycles. The highest BCUT2D eigenvalue weighted by molar-refractivity contribution is 7.97. The summed E-state index contributed by atoms with van der Waals surface area (Å²) in [5.41, 5.74) is 0.942. The lowest BCUT2D eigenvalue weighted by molar-refractivity contribution is 0.487. The maximum Gasteiger partial charge on any atom is 0.250 e. The number of rotatable bonds is 6. The predicted molar refractivity (Wildman–Crippen MR) is 79.6 cm³/mol. The molecule has 1 N–H and O–H groups in total. The Morgan fingerprint density at radius 1 is 1.26 bits per heavy atom. The van der Waals surface area contributed by atoms with Crippen LogP contribution in [0.2, 0.25) is 0 Å². The zero-order valence-electron chi connectivity index (χ0n) is 11.2. The molecule has 2 rings (SSSR count). The summed E-state index contributed by atoms with van der Waals surface area (Å²) in [7, 11) is 0. The second-order valence-corrected chi connectivity index (χ2v) is 5.06. The molecule has 5 heteroatoms. The van der Waals surface area contributed by atoms with Crippen molar-refractivity contribution in [3.8, 4) is 0 Å². The van der Waals surface area contributed by atoms with E-state index in [1.54, 1.807) is 28.5 Å². The van der Waals surface area contributed by atoms with Crippen LogP contribution in [-0.4, -0.2) is 10.8 Å². The minimum absolute atomic E-state index is 0.0216. The highest BCUT2D eigenvalue weighted by atomic mass is 32.2. The molecule has 0 atom stereocenters. The Kier molecular flexibility index (Phi) is 4.74. The van der Waals surface area contributed by atoms with E-state index in [1.165, 1.54) is 0 Å². The molecule has 0 aliphatic carbocycles. The summed E-state index contributed by atoms with van der Waals surface area (Å²) in [5, 5.41) is 3.26. The average molecular weight is 278 g/mol. The SMILES string of the molecule is CCn1cc(NCc2ccc(CSC)o2)ccc1=O. The van der Waals surface area contributed by atoms with Crippen LogP contribution in [0, 0.1) is 0 Å². The van der Waals surface area contributed by atoms with Gasteiger partial charge in [0.25, 0.3) is 5.56 Å². The third kappa shape index (κ3) is 3.67. The van der Waals surface area contributed by atoms with Crippen LogP contribution in [0.15, 0.2) is 39.7 Å². The van der Waals surface area contributed by atoms with Crippen molar-refractivity contribution < 1.29 is 4.42 Å². The van der Waals surface area contributed by atoms with Gasteiger partial charge in [-0.3, -0.25) is 4.79 Å². The number of aromatic nitrogens is 1. The van der Waals surface area contributed by atoms with Crippen LogP contribution in [0.4, 0.5) is 5.69 Å². The van der Waals surface area contributed by atoms with Gasteiger partial charge in [-0.2, -0.15) is 11.8 Å². The van der Waals surface area contributed by atoms with E-state index in [4.69, 9.17) is 4.42 Å². The molecule has 0 aliphatic rings. The standard InChI is InChI=1S/C14H18N2O2S/c1-3-16-9-11(4-7-14(16)17)15-8-12-5-6-13(18-12)10-19-2/h4-7,9,15H,3,8,10H2,1-2H3. The smallest absolute Gasteiger partial charge is 0.250 e. The van der Waals surface area contributed by atoms with E-state index in [0.29, 0.717) is 13.1 Å². The summed E-state index contributed by atoms with van der Waals surface area (Å²) in [6.07, 6.45) is 3.88. The Bertz CT molecular complexity index is 589. The lowest BCUT2D eigenvalue weighted by Gasteiger charge is -2.07. The number of anilines is 1. The van der Waals surface area contributed by atoms with E-state index < -0.39 is 0 Å². The molecule has 0 aliphatic heterocycles. The summed E-state index contributed by atoms with van der Waals surface area (Å²) >= 11 is 1.74. The molecular formula is C14H18N2O2S. The third-order valence-corrected chi connectivity index (χ3v) is 3.37. The van der Waals surface area contributed by atoms with Gasteiger partial charge in [-0.05, 0) is 31.4 Å². The Morgan fingerprint density at radius 3 is 2.79 bits per heavy atom. The van der Waals surface area contributed by atoms with Crippen molar-refractivity contribution in [3.05, 3.63) is 52.3 Å². The number of hydrogen-bond acceptors (Lipinski definition) is 4. The Morgan fingerprint density at radius 2 is 2.05 bits per heavy atom. The molecular weight excluding hydrogens is 260 g/mol. The Hall–Kier alpha value is -1.62. The zero-order chi connectivity index (χ0) is 13.7. The van der Waals surface area contributed by atoms with Gasteiger partial charge in [0.05, 0.1) is 18.0 Å². The first kappa shape index (κ1) is 13.8. The monoisotopic (exact) mass is 278 g/mol. The maximum absolute atomic E-state index is 11.5. The highest BCUT2D eigenvalue weighted by Crippen LogP contribution is 2.14. The lowest BCUT2D eigenvalue weighted by Crippen LogP contribution is -2.17. The second-order valence-electron chi connectivity index (χ2n) is 4.20. The van der Waals surface area contributed by atoms with Gasteiger partial charge in [-0.15, -0.1) is 0 Å². The van der Waals surface area contributed by atoms with E-state index in [9.17, 15) is 4.79 Å². The van der Waals surface area contributed by atoms with Crippen molar-refractivity contribution in [2.45, 2.75) is 25.8 Å². The zero-order valence-corrected chi connectivity index (χ0v) is 12.0. The van der Waals surface area contributed by atoms with Crippen molar-refractivity contribution in [2.24, 2.45) is 0 Å². The van der Waals surface area contributed by atoms with Gasteiger partial charge < -0.3 is 14.3 Å². The molecule has 2 aromatic rings. The molecule has 0 saturated carbocycles. The lowest BCUT2D eigenvalue weighted by atomic mass is 10.3. The first-order chi connectivity index (χ1) is 9.22. The van der Waals surface area contributed by atoms with Crippen molar-refractivity contribution in [1.29, 1.82) is 0 Å². The van der Waals surface area contributed by atoms with Gasteiger partial charge in [0, 0.05) is 18.8 Å².